The Hall–Kier alpha value is -3.27. The van der Waals surface area contributed by atoms with Crippen LogP contribution in [0.1, 0.15) is 29.0 Å². The number of aromatic nitrogens is 2. The zero-order valence-corrected chi connectivity index (χ0v) is 17.0. The van der Waals surface area contributed by atoms with Gasteiger partial charge in [-0.15, -0.1) is 0 Å². The molecule has 3 rings (SSSR count). The lowest BCUT2D eigenvalue weighted by atomic mass is 10.0. The summed E-state index contributed by atoms with van der Waals surface area (Å²) in [5.74, 6) is -1.64. The maximum Gasteiger partial charge on any atom is 0.407 e. The molecule has 0 radical (unpaired) electrons. The highest BCUT2D eigenvalue weighted by Crippen LogP contribution is 2.31. The fraction of sp³-hybridized carbons (Fsp3) is 0.316. The molecule has 0 aromatic carbocycles. The third-order valence-corrected chi connectivity index (χ3v) is 5.00. The predicted octanol–water partition coefficient (Wildman–Crippen LogP) is 2.18. The molecule has 30 heavy (non-hydrogen) atoms. The van der Waals surface area contributed by atoms with Gasteiger partial charge in [0.15, 0.2) is 0 Å². The van der Waals surface area contributed by atoms with Gasteiger partial charge in [0.2, 0.25) is 11.9 Å². The van der Waals surface area contributed by atoms with E-state index < -0.39 is 24.0 Å². The quantitative estimate of drug-likeness (QED) is 0.714. The smallest absolute Gasteiger partial charge is 0.407 e. The van der Waals surface area contributed by atoms with Crippen molar-refractivity contribution < 1.29 is 23.9 Å². The van der Waals surface area contributed by atoms with Crippen LogP contribution in [-0.4, -0.2) is 69.5 Å². The highest BCUT2D eigenvalue weighted by Gasteiger charge is 2.32. The summed E-state index contributed by atoms with van der Waals surface area (Å²) in [4.78, 5) is 45.9. The minimum atomic E-state index is -1.09. The zero-order chi connectivity index (χ0) is 22.0. The molecule has 1 fully saturated rings. The van der Waals surface area contributed by atoms with E-state index in [0.29, 0.717) is 5.56 Å². The van der Waals surface area contributed by atoms with Gasteiger partial charge < -0.3 is 20.2 Å². The largest absolute Gasteiger partial charge is 0.465 e. The van der Waals surface area contributed by atoms with E-state index in [1.807, 2.05) is 0 Å². The average Bonchev–Trinajstić information content (AvgIpc) is 2.71. The molecule has 2 N–H and O–H groups in total. The van der Waals surface area contributed by atoms with Crippen molar-refractivity contribution in [2.24, 2.45) is 0 Å². The van der Waals surface area contributed by atoms with E-state index in [0.717, 1.165) is 6.07 Å². The van der Waals surface area contributed by atoms with E-state index >= 15 is 0 Å². The molecule has 9 nitrogen and oxygen atoms in total. The molecule has 0 bridgehead atoms. The Morgan fingerprint density at radius 1 is 1.20 bits per heavy atom. The number of rotatable bonds is 3. The zero-order valence-electron chi connectivity index (χ0n) is 16.2. The second kappa shape index (κ2) is 8.62. The lowest BCUT2D eigenvalue weighted by Crippen LogP contribution is -2.51. The van der Waals surface area contributed by atoms with Crippen LogP contribution in [0.15, 0.2) is 24.3 Å². The Morgan fingerprint density at radius 2 is 1.93 bits per heavy atom. The number of hydrogen-bond donors (Lipinski definition) is 2. The Morgan fingerprint density at radius 3 is 2.57 bits per heavy atom. The molecule has 11 heteroatoms. The molecule has 158 valence electrons. The maximum absolute atomic E-state index is 14.0. The molecule has 1 aliphatic rings. The molecule has 1 atom stereocenters. The average molecular weight is 436 g/mol. The second-order valence-electron chi connectivity index (χ2n) is 6.71. The van der Waals surface area contributed by atoms with Crippen molar-refractivity contribution in [1.29, 1.82) is 0 Å². The van der Waals surface area contributed by atoms with E-state index in [-0.39, 0.29) is 47.6 Å². The molecule has 3 heterocycles. The molecule has 2 aromatic rings. The fourth-order valence-corrected chi connectivity index (χ4v) is 3.58. The van der Waals surface area contributed by atoms with Crippen molar-refractivity contribution in [3.8, 4) is 11.3 Å². The number of hydrogen-bond acceptors (Lipinski definition) is 5. The topological polar surface area (TPSA) is 116 Å². The molecular formula is C19H19ClFN5O4. The molecule has 3 amide bonds. The summed E-state index contributed by atoms with van der Waals surface area (Å²) in [6, 6.07) is 5.03. The molecular weight excluding hydrogens is 417 g/mol. The number of nitrogens with one attached hydrogen (secondary N) is 1. The van der Waals surface area contributed by atoms with Gasteiger partial charge in [-0.25, -0.2) is 14.8 Å². The van der Waals surface area contributed by atoms with Crippen LogP contribution in [0.2, 0.25) is 5.15 Å². The highest BCUT2D eigenvalue weighted by atomic mass is 35.5. The van der Waals surface area contributed by atoms with E-state index in [4.69, 9.17) is 11.6 Å². The van der Waals surface area contributed by atoms with Gasteiger partial charge in [-0.1, -0.05) is 11.6 Å². The molecule has 1 aliphatic heterocycles. The van der Waals surface area contributed by atoms with E-state index in [9.17, 15) is 23.9 Å². The number of nitrogens with zero attached hydrogens (tertiary/aromatic N) is 4. The predicted molar refractivity (Wildman–Crippen MR) is 106 cm³/mol. The van der Waals surface area contributed by atoms with Crippen molar-refractivity contribution in [3.63, 3.8) is 0 Å². The first-order chi connectivity index (χ1) is 14.2. The van der Waals surface area contributed by atoms with Gasteiger partial charge in [0.25, 0.3) is 5.91 Å². The summed E-state index contributed by atoms with van der Waals surface area (Å²) < 4.78 is 14.0. The van der Waals surface area contributed by atoms with Gasteiger partial charge in [0.05, 0.1) is 11.7 Å². The van der Waals surface area contributed by atoms with Gasteiger partial charge in [0.1, 0.15) is 10.8 Å². The van der Waals surface area contributed by atoms with E-state index in [2.05, 4.69) is 15.3 Å². The lowest BCUT2D eigenvalue weighted by molar-refractivity contribution is -0.133. The van der Waals surface area contributed by atoms with Gasteiger partial charge >= 0.3 is 6.09 Å². The van der Waals surface area contributed by atoms with Crippen LogP contribution in [0.3, 0.4) is 0 Å². The van der Waals surface area contributed by atoms with Crippen LogP contribution in [-0.2, 0) is 4.79 Å². The maximum atomic E-state index is 14.0. The molecule has 0 spiro atoms. The Balaban J connectivity index is 2.06. The van der Waals surface area contributed by atoms with Gasteiger partial charge in [-0.2, -0.15) is 4.39 Å². The van der Waals surface area contributed by atoms with Crippen LogP contribution in [0.25, 0.3) is 11.3 Å². The van der Waals surface area contributed by atoms with Crippen LogP contribution in [0.4, 0.5) is 9.18 Å². The minimum absolute atomic E-state index is 0.0584. The van der Waals surface area contributed by atoms with Crippen molar-refractivity contribution in [3.05, 3.63) is 46.6 Å². The Bertz CT molecular complexity index is 1020. The van der Waals surface area contributed by atoms with Gasteiger partial charge in [-0.3, -0.25) is 9.59 Å². The first kappa shape index (κ1) is 21.4. The standard InChI is InChI=1S/C19H19ClFN5O4/c1-10(27)26-4-3-25(19(29)30)9-15(26)12-6-13(23-16(20)7-12)11-5-14(18(28)22-2)24-17(21)8-11/h5-8,15H,3-4,9H2,1-2H3,(H,22,28)(H,29,30)/t15-/m0/s1. The molecule has 0 unspecified atom stereocenters. The summed E-state index contributed by atoms with van der Waals surface area (Å²) in [5, 5.41) is 11.8. The van der Waals surface area contributed by atoms with Crippen LogP contribution in [0, 0.1) is 5.95 Å². The number of carboxylic acid groups (broad SMARTS) is 1. The number of halogens is 2. The summed E-state index contributed by atoms with van der Waals surface area (Å²) >= 11 is 6.18. The molecule has 1 saturated heterocycles. The first-order valence-electron chi connectivity index (χ1n) is 9.02. The summed E-state index contributed by atoms with van der Waals surface area (Å²) in [7, 11) is 1.40. The summed E-state index contributed by atoms with van der Waals surface area (Å²) in [6.07, 6.45) is -1.09. The molecule has 2 aromatic heterocycles. The lowest BCUT2D eigenvalue weighted by Gasteiger charge is -2.40. The normalized spacial score (nSPS) is 16.3. The Labute approximate surface area is 176 Å². The molecule has 0 aliphatic carbocycles. The number of amides is 3. The van der Waals surface area contributed by atoms with E-state index in [1.54, 1.807) is 11.0 Å². The van der Waals surface area contributed by atoms with Crippen LogP contribution < -0.4 is 5.32 Å². The van der Waals surface area contributed by atoms with Gasteiger partial charge in [-0.05, 0) is 23.8 Å². The highest BCUT2D eigenvalue weighted by molar-refractivity contribution is 6.29. The minimum Gasteiger partial charge on any atom is -0.465 e. The van der Waals surface area contributed by atoms with E-state index in [1.165, 1.54) is 31.0 Å². The molecule has 0 saturated carbocycles. The monoisotopic (exact) mass is 435 g/mol. The number of carbonyl (C=O) groups is 3. The van der Waals surface area contributed by atoms with Crippen molar-refractivity contribution >= 4 is 29.5 Å². The second-order valence-corrected chi connectivity index (χ2v) is 7.10. The number of carbonyl (C=O) groups excluding carboxylic acids is 2. The SMILES string of the molecule is CNC(=O)c1cc(-c2cc([C@@H]3CN(C(=O)O)CCN3C(C)=O)cc(Cl)n2)cc(F)n1. The van der Waals surface area contributed by atoms with Crippen molar-refractivity contribution in [1.82, 2.24) is 25.1 Å². The van der Waals surface area contributed by atoms with Crippen LogP contribution >= 0.6 is 11.6 Å². The Kier molecular flexibility index (Phi) is 6.16. The van der Waals surface area contributed by atoms with Gasteiger partial charge in [0, 0.05) is 45.2 Å². The fourth-order valence-electron chi connectivity index (χ4n) is 3.36. The van der Waals surface area contributed by atoms with Crippen molar-refractivity contribution in [2.45, 2.75) is 13.0 Å². The summed E-state index contributed by atoms with van der Waals surface area (Å²) in [5.41, 5.74) is 0.950. The third-order valence-electron chi connectivity index (χ3n) is 4.81. The first-order valence-corrected chi connectivity index (χ1v) is 9.40. The summed E-state index contributed by atoms with van der Waals surface area (Å²) in [6.45, 7) is 1.89. The number of pyridine rings is 2. The van der Waals surface area contributed by atoms with Crippen molar-refractivity contribution in [2.75, 3.05) is 26.7 Å². The van der Waals surface area contributed by atoms with Crippen LogP contribution in [0.5, 0.6) is 0 Å². The third kappa shape index (κ3) is 4.48. The number of piperazine rings is 1.